The second-order valence-electron chi connectivity index (χ2n) is 10.6. The van der Waals surface area contributed by atoms with Gasteiger partial charge in [0.25, 0.3) is 0 Å². The van der Waals surface area contributed by atoms with E-state index in [1.165, 1.54) is 19.4 Å². The maximum absolute atomic E-state index is 12.8. The monoisotopic (exact) mass is 623 g/mol. The van der Waals surface area contributed by atoms with Gasteiger partial charge in [0, 0.05) is 29.5 Å². The first-order chi connectivity index (χ1) is 20.7. The number of nitrogens with two attached hydrogens (primary N) is 1. The molecule has 0 radical (unpaired) electrons. The van der Waals surface area contributed by atoms with Crippen LogP contribution < -0.4 is 15.8 Å². The summed E-state index contributed by atoms with van der Waals surface area (Å²) in [5.41, 5.74) is 5.49. The highest BCUT2D eigenvalue weighted by atomic mass is 19.4. The number of fused-ring (bicyclic) bond motifs is 1. The summed E-state index contributed by atoms with van der Waals surface area (Å²) < 4.78 is 49.0. The van der Waals surface area contributed by atoms with Gasteiger partial charge in [0.2, 0.25) is 18.2 Å². The van der Waals surface area contributed by atoms with E-state index in [1.54, 1.807) is 19.1 Å². The lowest BCUT2D eigenvalue weighted by Crippen LogP contribution is -2.48. The zero-order valence-electron chi connectivity index (χ0n) is 27.3. The number of alkyl halides is 3. The van der Waals surface area contributed by atoms with Crippen molar-refractivity contribution in [3.8, 4) is 17.2 Å². The number of benzene rings is 1. The van der Waals surface area contributed by atoms with Crippen LogP contribution in [-0.2, 0) is 15.8 Å². The standard InChI is InChI=1S/C15H11F3N2O2.C12H22N2O2.C3H9N.C2H6/c1-8-7-22-14(19-8)10-3-5-11(21-2)13-9(10)4-6-12(20-13)15(16,17)18;1-4-9(2)12(16)14-7-5-6-11(14)10(3)13-8-15;1-3(2)4;1-2/h3-7H,1-2H3;8-11H,4-7H2,1-3H3,(H,13,15);3H,4H2,1-2H3;1-2H3/t;9?,10-,11?;;/m.0../s1. The number of ether oxygens (including phenoxy) is 1. The van der Waals surface area contributed by atoms with E-state index in [-0.39, 0.29) is 35.2 Å². The lowest BCUT2D eigenvalue weighted by atomic mass is 10.0. The molecule has 0 aliphatic carbocycles. The van der Waals surface area contributed by atoms with Crippen molar-refractivity contribution in [3.05, 3.63) is 41.9 Å². The van der Waals surface area contributed by atoms with E-state index in [0.717, 1.165) is 38.3 Å². The fourth-order valence-corrected chi connectivity index (χ4v) is 4.44. The number of hydrogen-bond acceptors (Lipinski definition) is 7. The molecular weight excluding hydrogens is 575 g/mol. The Bertz CT molecular complexity index is 1310. The number of halogens is 3. The molecule has 1 fully saturated rings. The van der Waals surface area contributed by atoms with Gasteiger partial charge in [-0.2, -0.15) is 13.2 Å². The Balaban J connectivity index is 0.000000387. The van der Waals surface area contributed by atoms with Crippen LogP contribution in [0, 0.1) is 12.8 Å². The molecule has 2 amide bonds. The lowest BCUT2D eigenvalue weighted by Gasteiger charge is -2.31. The SMILES string of the molecule is CC.CC(C)N.CCC(C)C(=O)N1CCCC1[C@H](C)NC=O.COc1ccc(-c2nc(C)co2)c2ccc(C(F)(F)F)nc12. The maximum atomic E-state index is 12.8. The van der Waals surface area contributed by atoms with Crippen LogP contribution in [0.15, 0.2) is 34.9 Å². The van der Waals surface area contributed by atoms with Gasteiger partial charge in [-0.05, 0) is 63.4 Å². The Morgan fingerprint density at radius 1 is 1.18 bits per heavy atom. The molecule has 1 aliphatic rings. The summed E-state index contributed by atoms with van der Waals surface area (Å²) in [7, 11) is 1.38. The van der Waals surface area contributed by atoms with Crippen LogP contribution in [0.25, 0.3) is 22.4 Å². The maximum Gasteiger partial charge on any atom is 0.433 e. The van der Waals surface area contributed by atoms with E-state index in [0.29, 0.717) is 28.6 Å². The second kappa shape index (κ2) is 18.2. The largest absolute Gasteiger partial charge is 0.494 e. The zero-order valence-corrected chi connectivity index (χ0v) is 27.3. The van der Waals surface area contributed by atoms with Gasteiger partial charge >= 0.3 is 6.18 Å². The van der Waals surface area contributed by atoms with Crippen LogP contribution in [0.5, 0.6) is 5.75 Å². The third kappa shape index (κ3) is 10.8. The van der Waals surface area contributed by atoms with Crippen molar-refractivity contribution < 1.29 is 31.9 Å². The van der Waals surface area contributed by atoms with Gasteiger partial charge < -0.3 is 25.1 Å². The highest BCUT2D eigenvalue weighted by Gasteiger charge is 2.34. The van der Waals surface area contributed by atoms with Crippen LogP contribution in [0.1, 0.15) is 79.1 Å². The molecule has 2 unspecified atom stereocenters. The molecule has 1 aliphatic heterocycles. The fourth-order valence-electron chi connectivity index (χ4n) is 4.44. The molecule has 2 aromatic heterocycles. The Labute approximate surface area is 258 Å². The Morgan fingerprint density at radius 2 is 1.82 bits per heavy atom. The number of amides is 2. The van der Waals surface area contributed by atoms with E-state index in [9.17, 15) is 22.8 Å². The van der Waals surface area contributed by atoms with Gasteiger partial charge in [-0.25, -0.2) is 9.97 Å². The summed E-state index contributed by atoms with van der Waals surface area (Å²) in [4.78, 5) is 32.4. The first kappa shape index (κ1) is 38.4. The number of carbonyl (C=O) groups excluding carboxylic acids is 2. The van der Waals surface area contributed by atoms with Crippen molar-refractivity contribution in [2.24, 2.45) is 11.7 Å². The number of nitrogens with one attached hydrogen (secondary N) is 1. The number of pyridine rings is 1. The molecule has 44 heavy (non-hydrogen) atoms. The number of nitrogens with zero attached hydrogens (tertiary/aromatic N) is 3. The molecule has 1 saturated heterocycles. The van der Waals surface area contributed by atoms with Gasteiger partial charge in [0.05, 0.1) is 18.8 Å². The molecule has 1 aromatic carbocycles. The Morgan fingerprint density at radius 3 is 2.32 bits per heavy atom. The van der Waals surface area contributed by atoms with E-state index >= 15 is 0 Å². The molecule has 3 heterocycles. The quantitative estimate of drug-likeness (QED) is 0.279. The van der Waals surface area contributed by atoms with Crippen LogP contribution in [0.2, 0.25) is 0 Å². The number of methoxy groups -OCH3 is 1. The predicted molar refractivity (Wildman–Crippen MR) is 167 cm³/mol. The van der Waals surface area contributed by atoms with Crippen LogP contribution in [0.3, 0.4) is 0 Å². The average Bonchev–Trinajstić information content (AvgIpc) is 3.66. The van der Waals surface area contributed by atoms with Gasteiger partial charge in [-0.1, -0.05) is 41.5 Å². The van der Waals surface area contributed by atoms with Crippen molar-refractivity contribution in [2.45, 2.75) is 99.0 Å². The molecule has 246 valence electrons. The van der Waals surface area contributed by atoms with Crippen molar-refractivity contribution in [1.82, 2.24) is 20.2 Å². The number of likely N-dealkylation sites (tertiary alicyclic amines) is 1. The molecule has 9 nitrogen and oxygen atoms in total. The first-order valence-corrected chi connectivity index (χ1v) is 15.0. The van der Waals surface area contributed by atoms with E-state index in [4.69, 9.17) is 14.9 Å². The number of carbonyl (C=O) groups is 2. The zero-order chi connectivity index (χ0) is 33.6. The van der Waals surface area contributed by atoms with E-state index < -0.39 is 11.9 Å². The number of hydrogen-bond donors (Lipinski definition) is 2. The second-order valence-corrected chi connectivity index (χ2v) is 10.6. The van der Waals surface area contributed by atoms with Gasteiger partial charge in [0.15, 0.2) is 0 Å². The first-order valence-electron chi connectivity index (χ1n) is 15.0. The minimum atomic E-state index is -4.52. The van der Waals surface area contributed by atoms with Gasteiger partial charge in [-0.3, -0.25) is 9.59 Å². The molecule has 0 bridgehead atoms. The summed E-state index contributed by atoms with van der Waals surface area (Å²) in [5, 5.41) is 3.24. The van der Waals surface area contributed by atoms with Gasteiger partial charge in [-0.15, -0.1) is 0 Å². The van der Waals surface area contributed by atoms with Crippen molar-refractivity contribution >= 4 is 23.2 Å². The normalized spacial score (nSPS) is 15.6. The topological polar surface area (TPSA) is 124 Å². The molecule has 0 spiro atoms. The number of rotatable bonds is 7. The Kier molecular flexibility index (Phi) is 15.9. The summed E-state index contributed by atoms with van der Waals surface area (Å²) >= 11 is 0. The Hall–Kier alpha value is -3.67. The van der Waals surface area contributed by atoms with E-state index in [1.807, 2.05) is 53.4 Å². The average molecular weight is 624 g/mol. The van der Waals surface area contributed by atoms with Crippen LogP contribution >= 0.6 is 0 Å². The lowest BCUT2D eigenvalue weighted by molar-refractivity contribution is -0.141. The summed E-state index contributed by atoms with van der Waals surface area (Å²) in [5.74, 6) is 0.897. The van der Waals surface area contributed by atoms with Crippen LogP contribution in [0.4, 0.5) is 13.2 Å². The molecular formula is C32H48F3N5O4. The molecule has 4 rings (SSSR count). The molecule has 3 aromatic rings. The third-order valence-corrected chi connectivity index (χ3v) is 6.70. The number of aryl methyl sites for hydroxylation is 1. The van der Waals surface area contributed by atoms with Crippen molar-refractivity contribution in [3.63, 3.8) is 0 Å². The molecule has 3 atom stereocenters. The fraction of sp³-hybridized carbons (Fsp3) is 0.562. The van der Waals surface area contributed by atoms with Crippen molar-refractivity contribution in [2.75, 3.05) is 13.7 Å². The number of oxazole rings is 1. The summed E-state index contributed by atoms with van der Waals surface area (Å²) in [6.45, 7) is 16.4. The highest BCUT2D eigenvalue weighted by Crippen LogP contribution is 2.36. The molecule has 12 heteroatoms. The number of aromatic nitrogens is 2. The highest BCUT2D eigenvalue weighted by molar-refractivity contribution is 5.96. The van der Waals surface area contributed by atoms with Crippen molar-refractivity contribution in [1.29, 1.82) is 0 Å². The minimum Gasteiger partial charge on any atom is -0.494 e. The summed E-state index contributed by atoms with van der Waals surface area (Å²) in [6, 6.07) is 6.06. The summed E-state index contributed by atoms with van der Waals surface area (Å²) in [6.07, 6.45) is 0.575. The molecule has 0 saturated carbocycles. The smallest absolute Gasteiger partial charge is 0.433 e. The van der Waals surface area contributed by atoms with Gasteiger partial charge in [0.1, 0.15) is 23.2 Å². The van der Waals surface area contributed by atoms with E-state index in [2.05, 4.69) is 15.3 Å². The molecule has 3 N–H and O–H groups in total. The minimum absolute atomic E-state index is 0.0491. The van der Waals surface area contributed by atoms with Crippen LogP contribution in [-0.4, -0.2) is 59.0 Å². The predicted octanol–water partition coefficient (Wildman–Crippen LogP) is 6.76. The third-order valence-electron chi connectivity index (χ3n) is 6.70.